The molecule has 1 unspecified atom stereocenters. The van der Waals surface area contributed by atoms with E-state index in [0.29, 0.717) is 17.2 Å². The second kappa shape index (κ2) is 7.30. The summed E-state index contributed by atoms with van der Waals surface area (Å²) >= 11 is 5.94. The Hall–Kier alpha value is -1.95. The summed E-state index contributed by atoms with van der Waals surface area (Å²) in [4.78, 5) is 25.7. The summed E-state index contributed by atoms with van der Waals surface area (Å²) in [6.07, 6.45) is -0.575. The van der Waals surface area contributed by atoms with Crippen LogP contribution < -0.4 is 4.74 Å². The lowest BCUT2D eigenvalue weighted by molar-refractivity contribution is -0.145. The molecule has 2 atom stereocenters. The van der Waals surface area contributed by atoms with Gasteiger partial charge in [-0.15, -0.1) is 0 Å². The Labute approximate surface area is 146 Å². The van der Waals surface area contributed by atoms with Gasteiger partial charge in [-0.3, -0.25) is 4.90 Å². The first kappa shape index (κ1) is 18.4. The van der Waals surface area contributed by atoms with Crippen LogP contribution in [0.5, 0.6) is 5.75 Å². The van der Waals surface area contributed by atoms with E-state index in [1.54, 1.807) is 45.0 Å². The highest BCUT2D eigenvalue weighted by atomic mass is 35.5. The molecule has 0 spiro atoms. The molecule has 0 saturated carbocycles. The first-order valence-electron chi connectivity index (χ1n) is 7.69. The number of halogens is 1. The third-order valence-corrected chi connectivity index (χ3v) is 3.70. The van der Waals surface area contributed by atoms with Crippen molar-refractivity contribution in [3.05, 3.63) is 29.3 Å². The molecule has 1 amide bonds. The molecule has 1 aromatic carbocycles. The molecule has 1 heterocycles. The minimum Gasteiger partial charge on any atom is -0.488 e. The van der Waals surface area contributed by atoms with Crippen LogP contribution in [0.4, 0.5) is 4.79 Å². The third kappa shape index (κ3) is 4.77. The number of hydrogen-bond donors (Lipinski definition) is 0. The topological polar surface area (TPSA) is 65.1 Å². The number of rotatable bonds is 3. The van der Waals surface area contributed by atoms with Crippen molar-refractivity contribution < 1.29 is 23.8 Å². The van der Waals surface area contributed by atoms with Gasteiger partial charge in [0.1, 0.15) is 23.5 Å². The Morgan fingerprint density at radius 2 is 2.00 bits per heavy atom. The summed E-state index contributed by atoms with van der Waals surface area (Å²) in [6, 6.07) is 6.25. The predicted molar refractivity (Wildman–Crippen MR) is 89.2 cm³/mol. The molecule has 6 nitrogen and oxygen atoms in total. The third-order valence-electron chi connectivity index (χ3n) is 3.46. The first-order chi connectivity index (χ1) is 11.2. The molecule has 0 bridgehead atoms. The van der Waals surface area contributed by atoms with Crippen LogP contribution in [0.2, 0.25) is 5.02 Å². The monoisotopic (exact) mass is 355 g/mol. The zero-order valence-electron chi connectivity index (χ0n) is 14.2. The van der Waals surface area contributed by atoms with Gasteiger partial charge in [-0.05, 0) is 39.0 Å². The number of carbonyl (C=O) groups excluding carboxylic acids is 2. The lowest BCUT2D eigenvalue weighted by atomic mass is 10.2. The molecule has 2 rings (SSSR count). The van der Waals surface area contributed by atoms with Crippen LogP contribution >= 0.6 is 11.6 Å². The van der Waals surface area contributed by atoms with Gasteiger partial charge in [0.25, 0.3) is 0 Å². The smallest absolute Gasteiger partial charge is 0.411 e. The van der Waals surface area contributed by atoms with Gasteiger partial charge >= 0.3 is 12.1 Å². The summed E-state index contributed by atoms with van der Waals surface area (Å²) < 4.78 is 16.0. The second-order valence-corrected chi connectivity index (χ2v) is 7.04. The van der Waals surface area contributed by atoms with Gasteiger partial charge in [0.05, 0.1) is 13.7 Å². The Balaban J connectivity index is 2.11. The largest absolute Gasteiger partial charge is 0.488 e. The number of amides is 1. The van der Waals surface area contributed by atoms with E-state index in [9.17, 15) is 9.59 Å². The van der Waals surface area contributed by atoms with Crippen LogP contribution in [-0.4, -0.2) is 48.4 Å². The molecular formula is C17H22ClNO5. The molecule has 7 heteroatoms. The molecule has 1 aliphatic heterocycles. The Bertz CT molecular complexity index is 613. The van der Waals surface area contributed by atoms with Crippen molar-refractivity contribution in [3.8, 4) is 5.75 Å². The highest BCUT2D eigenvalue weighted by Crippen LogP contribution is 2.27. The molecule has 1 aromatic rings. The fourth-order valence-electron chi connectivity index (χ4n) is 2.50. The summed E-state index contributed by atoms with van der Waals surface area (Å²) in [7, 11) is 1.29. The van der Waals surface area contributed by atoms with Gasteiger partial charge in [-0.25, -0.2) is 9.59 Å². The fraction of sp³-hybridized carbons (Fsp3) is 0.529. The Morgan fingerprint density at radius 1 is 1.29 bits per heavy atom. The normalized spacial score (nSPS) is 20.6. The van der Waals surface area contributed by atoms with Gasteiger partial charge < -0.3 is 14.2 Å². The minimum atomic E-state index is -0.728. The van der Waals surface area contributed by atoms with E-state index >= 15 is 0 Å². The van der Waals surface area contributed by atoms with Crippen molar-refractivity contribution in [2.75, 3.05) is 13.7 Å². The Morgan fingerprint density at radius 3 is 2.58 bits per heavy atom. The van der Waals surface area contributed by atoms with E-state index in [-0.39, 0.29) is 12.6 Å². The maximum atomic E-state index is 12.4. The maximum Gasteiger partial charge on any atom is 0.411 e. The Kier molecular flexibility index (Phi) is 5.59. The van der Waals surface area contributed by atoms with Crippen molar-refractivity contribution in [2.45, 2.75) is 44.9 Å². The van der Waals surface area contributed by atoms with Crippen LogP contribution in [0.1, 0.15) is 27.2 Å². The van der Waals surface area contributed by atoms with Crippen molar-refractivity contribution in [2.24, 2.45) is 0 Å². The molecule has 1 aliphatic rings. The minimum absolute atomic E-state index is 0.237. The highest BCUT2D eigenvalue weighted by Gasteiger charge is 2.43. The number of hydrogen-bond acceptors (Lipinski definition) is 5. The standard InChI is InChI=1S/C17H22ClNO5/c1-17(2,3)24-16(21)19-10-13(9-14(19)15(20)22-4)23-12-7-5-6-11(18)8-12/h5-8,13-14H,9-10H2,1-4H3/t13?,14-/m0/s1. The average Bonchev–Trinajstić information content (AvgIpc) is 2.88. The van der Waals surface area contributed by atoms with E-state index in [0.717, 1.165) is 0 Å². The summed E-state index contributed by atoms with van der Waals surface area (Å²) in [5.41, 5.74) is -0.649. The van der Waals surface area contributed by atoms with Gasteiger partial charge in [0, 0.05) is 11.4 Å². The zero-order valence-corrected chi connectivity index (χ0v) is 15.0. The van der Waals surface area contributed by atoms with Crippen molar-refractivity contribution in [1.82, 2.24) is 4.90 Å². The van der Waals surface area contributed by atoms with E-state index in [1.807, 2.05) is 0 Å². The number of benzene rings is 1. The van der Waals surface area contributed by atoms with Gasteiger partial charge in [-0.1, -0.05) is 17.7 Å². The number of esters is 1. The van der Waals surface area contributed by atoms with Gasteiger partial charge in [0.2, 0.25) is 0 Å². The second-order valence-electron chi connectivity index (χ2n) is 6.60. The number of likely N-dealkylation sites (tertiary alicyclic amines) is 1. The SMILES string of the molecule is COC(=O)[C@@H]1CC(Oc2cccc(Cl)c2)CN1C(=O)OC(C)(C)C. The van der Waals surface area contributed by atoms with Crippen LogP contribution in [0.25, 0.3) is 0 Å². The van der Waals surface area contributed by atoms with E-state index in [2.05, 4.69) is 0 Å². The maximum absolute atomic E-state index is 12.4. The first-order valence-corrected chi connectivity index (χ1v) is 8.07. The predicted octanol–water partition coefficient (Wildman–Crippen LogP) is 3.27. The van der Waals surface area contributed by atoms with Crippen molar-refractivity contribution in [3.63, 3.8) is 0 Å². The molecule has 1 fully saturated rings. The van der Waals surface area contributed by atoms with Crippen molar-refractivity contribution in [1.29, 1.82) is 0 Å². The zero-order chi connectivity index (χ0) is 17.9. The quantitative estimate of drug-likeness (QED) is 0.778. The van der Waals surface area contributed by atoms with Gasteiger partial charge in [-0.2, -0.15) is 0 Å². The van der Waals surface area contributed by atoms with Crippen LogP contribution in [-0.2, 0) is 14.3 Å². The van der Waals surface area contributed by atoms with Crippen LogP contribution in [0.3, 0.4) is 0 Å². The molecule has 0 aromatic heterocycles. The molecule has 0 N–H and O–H groups in total. The molecule has 1 saturated heterocycles. The fourth-order valence-corrected chi connectivity index (χ4v) is 2.68. The van der Waals surface area contributed by atoms with Crippen LogP contribution in [0, 0.1) is 0 Å². The van der Waals surface area contributed by atoms with Crippen molar-refractivity contribution >= 4 is 23.7 Å². The number of nitrogens with zero attached hydrogens (tertiary/aromatic N) is 1. The summed E-state index contributed by atoms with van der Waals surface area (Å²) in [5, 5.41) is 0.555. The molecule has 0 aliphatic carbocycles. The summed E-state index contributed by atoms with van der Waals surface area (Å²) in [5.74, 6) is 0.0974. The molecule has 0 radical (unpaired) electrons. The van der Waals surface area contributed by atoms with E-state index in [1.165, 1.54) is 12.0 Å². The number of methoxy groups -OCH3 is 1. The number of ether oxygens (including phenoxy) is 3. The summed E-state index contributed by atoms with van der Waals surface area (Å²) in [6.45, 7) is 5.55. The number of carbonyl (C=O) groups is 2. The van der Waals surface area contributed by atoms with Crippen LogP contribution in [0.15, 0.2) is 24.3 Å². The lowest BCUT2D eigenvalue weighted by Gasteiger charge is -2.27. The molecular weight excluding hydrogens is 334 g/mol. The highest BCUT2D eigenvalue weighted by molar-refractivity contribution is 6.30. The lowest BCUT2D eigenvalue weighted by Crippen LogP contribution is -2.44. The van der Waals surface area contributed by atoms with Gasteiger partial charge in [0.15, 0.2) is 0 Å². The van der Waals surface area contributed by atoms with E-state index < -0.39 is 23.7 Å². The van der Waals surface area contributed by atoms with E-state index in [4.69, 9.17) is 25.8 Å². The molecule has 132 valence electrons. The average molecular weight is 356 g/mol. The molecule has 24 heavy (non-hydrogen) atoms.